The first-order chi connectivity index (χ1) is 25.8. The number of rotatable bonds is 16. The SMILES string of the molecule is CN(c1ccccc1)C(N)N(C)c1ccc(N(C)C(N)N(C)c2ccc(N(C)C(N)N(C)c3ccc(N(C)C(N)N(C)c4ccccc4)cc3)cc2)cc1. The number of para-hydroxylation sites is 2. The molecule has 8 N–H and O–H groups in total. The van der Waals surface area contributed by atoms with Crippen LogP contribution in [-0.2, 0) is 0 Å². The summed E-state index contributed by atoms with van der Waals surface area (Å²) in [6, 6.07) is 45.0. The van der Waals surface area contributed by atoms with Crippen LogP contribution >= 0.6 is 0 Å². The molecule has 0 fully saturated rings. The molecule has 0 aliphatic heterocycles. The van der Waals surface area contributed by atoms with Gasteiger partial charge in [-0.2, -0.15) is 0 Å². The zero-order chi connectivity index (χ0) is 39.1. The van der Waals surface area contributed by atoms with Gasteiger partial charge in [0.2, 0.25) is 0 Å². The molecule has 286 valence electrons. The van der Waals surface area contributed by atoms with Crippen LogP contribution < -0.4 is 62.1 Å². The molecule has 0 aliphatic carbocycles. The summed E-state index contributed by atoms with van der Waals surface area (Å²) in [5.74, 6) is 0. The summed E-state index contributed by atoms with van der Waals surface area (Å²) < 4.78 is 0. The van der Waals surface area contributed by atoms with Crippen LogP contribution in [0.15, 0.2) is 133 Å². The molecule has 5 aromatic rings. The quantitative estimate of drug-likeness (QED) is 0.103. The fourth-order valence-corrected chi connectivity index (χ4v) is 6.36. The lowest BCUT2D eigenvalue weighted by Crippen LogP contribution is -2.52. The maximum absolute atomic E-state index is 6.78. The van der Waals surface area contributed by atoms with Gasteiger partial charge in [-0.05, 0) is 97.1 Å². The molecule has 0 aromatic heterocycles. The van der Waals surface area contributed by atoms with Crippen molar-refractivity contribution in [3.05, 3.63) is 133 Å². The molecule has 0 bridgehead atoms. The minimum atomic E-state index is -0.410. The zero-order valence-corrected chi connectivity index (χ0v) is 32.9. The van der Waals surface area contributed by atoms with E-state index < -0.39 is 12.6 Å². The molecule has 0 saturated carbocycles. The molecule has 5 rings (SSSR count). The Labute approximate surface area is 321 Å². The smallest absolute Gasteiger partial charge is 0.154 e. The summed E-state index contributed by atoms with van der Waals surface area (Å²) in [5.41, 5.74) is 34.8. The molecule has 12 heteroatoms. The molecule has 12 nitrogen and oxygen atoms in total. The Morgan fingerprint density at radius 2 is 0.370 bits per heavy atom. The molecule has 0 heterocycles. The Hall–Kier alpha value is -5.66. The predicted molar refractivity (Wildman–Crippen MR) is 231 cm³/mol. The van der Waals surface area contributed by atoms with Crippen molar-refractivity contribution in [1.29, 1.82) is 0 Å². The minimum absolute atomic E-state index is 0.335. The fraction of sp³-hybridized carbons (Fsp3) is 0.286. The Morgan fingerprint density at radius 1 is 0.241 bits per heavy atom. The first kappa shape index (κ1) is 39.5. The summed E-state index contributed by atoms with van der Waals surface area (Å²) in [6.07, 6.45) is -1.49. The van der Waals surface area contributed by atoms with Crippen molar-refractivity contribution in [2.45, 2.75) is 25.2 Å². The Bertz CT molecular complexity index is 1720. The number of anilines is 8. The first-order valence-electron chi connectivity index (χ1n) is 18.1. The van der Waals surface area contributed by atoms with Gasteiger partial charge in [-0.25, -0.2) is 0 Å². The highest BCUT2D eigenvalue weighted by Crippen LogP contribution is 2.28. The van der Waals surface area contributed by atoms with Crippen LogP contribution in [0.2, 0.25) is 0 Å². The van der Waals surface area contributed by atoms with Gasteiger partial charge in [0.05, 0.1) is 0 Å². The lowest BCUT2D eigenvalue weighted by Gasteiger charge is -2.37. The van der Waals surface area contributed by atoms with E-state index in [9.17, 15) is 0 Å². The van der Waals surface area contributed by atoms with Gasteiger partial charge in [0.15, 0.2) is 25.2 Å². The predicted octanol–water partition coefficient (Wildman–Crippen LogP) is 4.95. The third-order valence-electron chi connectivity index (χ3n) is 10.5. The van der Waals surface area contributed by atoms with Crippen LogP contribution in [0.5, 0.6) is 0 Å². The highest BCUT2D eigenvalue weighted by Gasteiger charge is 2.22. The maximum Gasteiger partial charge on any atom is 0.154 e. The second kappa shape index (κ2) is 17.4. The second-order valence-corrected chi connectivity index (χ2v) is 13.8. The highest BCUT2D eigenvalue weighted by molar-refractivity contribution is 5.63. The van der Waals surface area contributed by atoms with Crippen molar-refractivity contribution in [1.82, 2.24) is 0 Å². The largest absolute Gasteiger partial charge is 0.342 e. The Balaban J connectivity index is 1.17. The van der Waals surface area contributed by atoms with Gasteiger partial charge < -0.3 is 39.2 Å². The third kappa shape index (κ3) is 8.75. The zero-order valence-electron chi connectivity index (χ0n) is 32.9. The first-order valence-corrected chi connectivity index (χ1v) is 18.1. The van der Waals surface area contributed by atoms with E-state index in [0.717, 1.165) is 45.5 Å². The maximum atomic E-state index is 6.78. The minimum Gasteiger partial charge on any atom is -0.342 e. The van der Waals surface area contributed by atoms with Gasteiger partial charge in [-0.15, -0.1) is 0 Å². The Kier molecular flexibility index (Phi) is 12.8. The average molecular weight is 731 g/mol. The van der Waals surface area contributed by atoms with Gasteiger partial charge >= 0.3 is 0 Å². The number of hydrogen-bond donors (Lipinski definition) is 4. The van der Waals surface area contributed by atoms with E-state index in [1.165, 1.54) is 0 Å². The van der Waals surface area contributed by atoms with E-state index in [-0.39, 0.29) is 12.6 Å². The van der Waals surface area contributed by atoms with Crippen molar-refractivity contribution in [3.63, 3.8) is 0 Å². The number of nitrogens with two attached hydrogens (primary N) is 4. The average Bonchev–Trinajstić information content (AvgIpc) is 3.23. The lowest BCUT2D eigenvalue weighted by atomic mass is 10.2. The van der Waals surface area contributed by atoms with Crippen LogP contribution in [0, 0.1) is 0 Å². The Morgan fingerprint density at radius 3 is 0.519 bits per heavy atom. The molecule has 0 aliphatic rings. The lowest BCUT2D eigenvalue weighted by molar-refractivity contribution is 0.636. The number of nitrogens with zero attached hydrogens (tertiary/aromatic N) is 8. The van der Waals surface area contributed by atoms with E-state index in [2.05, 4.69) is 72.8 Å². The van der Waals surface area contributed by atoms with E-state index >= 15 is 0 Å². The molecule has 0 spiro atoms. The van der Waals surface area contributed by atoms with Crippen molar-refractivity contribution in [2.75, 3.05) is 95.6 Å². The molecule has 4 atom stereocenters. The molecule has 0 amide bonds. The monoisotopic (exact) mass is 730 g/mol. The third-order valence-corrected chi connectivity index (χ3v) is 10.5. The van der Waals surface area contributed by atoms with E-state index in [0.29, 0.717) is 0 Å². The number of benzene rings is 5. The van der Waals surface area contributed by atoms with Gasteiger partial charge in [0.1, 0.15) is 0 Å². The summed E-state index contributed by atoms with van der Waals surface area (Å²) in [6.45, 7) is 0. The molecule has 54 heavy (non-hydrogen) atoms. The standard InChI is InChI=1S/C42H58N12/c1-47(31-15-11-9-12-16-31)39(43)49(3)33-19-23-35(24-20-33)51(5)41(45)53(7)37-27-29-38(30-28-37)54(8)42(46)52(6)36-25-21-34(22-26-36)50(4)40(44)48(2)32-17-13-10-14-18-32/h9-30,39-42H,43-46H2,1-8H3. The van der Waals surface area contributed by atoms with E-state index in [1.807, 2.05) is 156 Å². The van der Waals surface area contributed by atoms with E-state index in [1.54, 1.807) is 0 Å². The summed E-state index contributed by atoms with van der Waals surface area (Å²) in [7, 11) is 16.0. The topological polar surface area (TPSA) is 130 Å². The van der Waals surface area contributed by atoms with Crippen LogP contribution in [0.25, 0.3) is 0 Å². The summed E-state index contributed by atoms with van der Waals surface area (Å²) in [4.78, 5) is 16.4. The van der Waals surface area contributed by atoms with Crippen molar-refractivity contribution < 1.29 is 0 Å². The molecule has 0 radical (unpaired) electrons. The van der Waals surface area contributed by atoms with E-state index in [4.69, 9.17) is 22.9 Å². The molecular formula is C42H58N12. The fourth-order valence-electron chi connectivity index (χ4n) is 6.36. The van der Waals surface area contributed by atoms with Crippen molar-refractivity contribution in [2.24, 2.45) is 22.9 Å². The molecule has 5 aromatic carbocycles. The van der Waals surface area contributed by atoms with Crippen LogP contribution in [0.4, 0.5) is 45.5 Å². The van der Waals surface area contributed by atoms with Crippen LogP contribution in [-0.4, -0.2) is 81.5 Å². The normalized spacial score (nSPS) is 13.3. The van der Waals surface area contributed by atoms with Crippen molar-refractivity contribution in [3.8, 4) is 0 Å². The summed E-state index contributed by atoms with van der Waals surface area (Å²) >= 11 is 0. The summed E-state index contributed by atoms with van der Waals surface area (Å²) in [5, 5.41) is 0. The van der Waals surface area contributed by atoms with Crippen LogP contribution in [0.1, 0.15) is 0 Å². The van der Waals surface area contributed by atoms with Gasteiger partial charge in [0.25, 0.3) is 0 Å². The molecule has 4 unspecified atom stereocenters. The molecule has 0 saturated heterocycles. The van der Waals surface area contributed by atoms with Gasteiger partial charge in [-0.3, -0.25) is 22.9 Å². The molecular weight excluding hydrogens is 673 g/mol. The second-order valence-electron chi connectivity index (χ2n) is 13.8. The highest BCUT2D eigenvalue weighted by atomic mass is 15.4. The van der Waals surface area contributed by atoms with Crippen molar-refractivity contribution >= 4 is 45.5 Å². The van der Waals surface area contributed by atoms with Gasteiger partial charge in [0, 0.05) is 102 Å². The number of hydrogen-bond acceptors (Lipinski definition) is 12. The van der Waals surface area contributed by atoms with Gasteiger partial charge in [-0.1, -0.05) is 36.4 Å². The van der Waals surface area contributed by atoms with Crippen LogP contribution in [0.3, 0.4) is 0 Å².